The summed E-state index contributed by atoms with van der Waals surface area (Å²) in [5, 5.41) is 16.1. The molecule has 2 aromatic carbocycles. The number of anilines is 2. The van der Waals surface area contributed by atoms with Crippen LogP contribution >= 0.6 is 0 Å². The summed E-state index contributed by atoms with van der Waals surface area (Å²) in [6, 6.07) is 10.4. The van der Waals surface area contributed by atoms with Crippen LogP contribution in [0.1, 0.15) is 13.3 Å². The lowest BCUT2D eigenvalue weighted by molar-refractivity contribution is -0.384. The van der Waals surface area contributed by atoms with E-state index in [9.17, 15) is 32.9 Å². The van der Waals surface area contributed by atoms with Gasteiger partial charge < -0.3 is 20.1 Å². The van der Waals surface area contributed by atoms with Crippen molar-refractivity contribution in [3.05, 3.63) is 58.6 Å². The van der Waals surface area contributed by atoms with Gasteiger partial charge in [-0.25, -0.2) is 0 Å². The van der Waals surface area contributed by atoms with Gasteiger partial charge in [-0.1, -0.05) is 12.1 Å². The van der Waals surface area contributed by atoms with Crippen LogP contribution in [0.15, 0.2) is 48.5 Å². The van der Waals surface area contributed by atoms with E-state index in [0.717, 1.165) is 12.1 Å². The van der Waals surface area contributed by atoms with Crippen molar-refractivity contribution in [3.8, 4) is 5.75 Å². The van der Waals surface area contributed by atoms with Gasteiger partial charge >= 0.3 is 12.3 Å². The van der Waals surface area contributed by atoms with Crippen LogP contribution in [0.4, 0.5) is 30.2 Å². The second-order valence-corrected chi connectivity index (χ2v) is 6.14. The van der Waals surface area contributed by atoms with Crippen molar-refractivity contribution in [2.75, 3.05) is 17.2 Å². The highest BCUT2D eigenvalue weighted by Gasteiger charge is 2.31. The van der Waals surface area contributed by atoms with Gasteiger partial charge in [0.1, 0.15) is 11.4 Å². The first kappa shape index (κ1) is 23.4. The predicted molar refractivity (Wildman–Crippen MR) is 104 cm³/mol. The molecular weight excluding hydrogens is 423 g/mol. The molecule has 2 aromatic rings. The van der Waals surface area contributed by atoms with Crippen molar-refractivity contribution in [3.63, 3.8) is 0 Å². The lowest BCUT2D eigenvalue weighted by atomic mass is 10.2. The highest BCUT2D eigenvalue weighted by molar-refractivity contribution is 5.95. The maximum atomic E-state index is 12.1. The number of carbonyl (C=O) groups is 2. The van der Waals surface area contributed by atoms with Gasteiger partial charge in [0.15, 0.2) is 6.10 Å². The molecule has 1 atom stereocenters. The molecule has 31 heavy (non-hydrogen) atoms. The molecule has 0 saturated heterocycles. The van der Waals surface area contributed by atoms with Gasteiger partial charge in [-0.15, -0.1) is 13.2 Å². The molecule has 0 bridgehead atoms. The molecule has 2 N–H and O–H groups in total. The van der Waals surface area contributed by atoms with Gasteiger partial charge in [-0.2, -0.15) is 0 Å². The van der Waals surface area contributed by atoms with Crippen molar-refractivity contribution in [2.45, 2.75) is 25.8 Å². The lowest BCUT2D eigenvalue weighted by Gasteiger charge is -2.14. The Morgan fingerprint density at radius 3 is 2.39 bits per heavy atom. The average molecular weight is 441 g/mol. The molecule has 0 radical (unpaired) electrons. The third kappa shape index (κ3) is 7.84. The van der Waals surface area contributed by atoms with E-state index in [2.05, 4.69) is 15.4 Å². The summed E-state index contributed by atoms with van der Waals surface area (Å²) in [4.78, 5) is 34.4. The number of carbonyl (C=O) groups excluding carboxylic acids is 2. The number of hydrogen-bond donors (Lipinski definition) is 2. The summed E-state index contributed by atoms with van der Waals surface area (Å²) in [5.41, 5.74) is 0.278. The van der Waals surface area contributed by atoms with E-state index in [4.69, 9.17) is 4.74 Å². The van der Waals surface area contributed by atoms with Crippen LogP contribution in [0, 0.1) is 10.1 Å². The fraction of sp³-hybridized carbons (Fsp3) is 0.263. The molecular formula is C19H18F3N3O6. The molecule has 1 unspecified atom stereocenters. The van der Waals surface area contributed by atoms with Gasteiger partial charge in [-0.05, 0) is 37.3 Å². The largest absolute Gasteiger partial charge is 0.573 e. The number of nitro groups is 1. The van der Waals surface area contributed by atoms with Crippen molar-refractivity contribution in [1.82, 2.24) is 0 Å². The second kappa shape index (κ2) is 10.3. The molecule has 12 heteroatoms. The van der Waals surface area contributed by atoms with Crippen LogP contribution in [0.2, 0.25) is 0 Å². The Bertz CT molecular complexity index is 934. The molecule has 1 amide bonds. The number of esters is 1. The molecule has 2 rings (SSSR count). The maximum absolute atomic E-state index is 12.1. The highest BCUT2D eigenvalue weighted by Crippen LogP contribution is 2.24. The van der Waals surface area contributed by atoms with Crippen LogP contribution in [0.25, 0.3) is 0 Å². The number of nitrogens with one attached hydrogen (secondary N) is 2. The van der Waals surface area contributed by atoms with Gasteiger partial charge in [0.2, 0.25) is 0 Å². The summed E-state index contributed by atoms with van der Waals surface area (Å²) >= 11 is 0. The van der Waals surface area contributed by atoms with Gasteiger partial charge in [0.25, 0.3) is 11.6 Å². The summed E-state index contributed by atoms with van der Waals surface area (Å²) < 4.78 is 45.2. The first-order valence-electron chi connectivity index (χ1n) is 8.88. The van der Waals surface area contributed by atoms with E-state index in [1.807, 2.05) is 0 Å². The van der Waals surface area contributed by atoms with Crippen LogP contribution < -0.4 is 15.4 Å². The summed E-state index contributed by atoms with van der Waals surface area (Å²) in [5.74, 6) is -1.86. The Morgan fingerprint density at radius 2 is 1.77 bits per heavy atom. The van der Waals surface area contributed by atoms with E-state index < -0.39 is 35.0 Å². The smallest absolute Gasteiger partial charge is 0.452 e. The molecule has 0 saturated carbocycles. The van der Waals surface area contributed by atoms with Crippen LogP contribution in [-0.2, 0) is 14.3 Å². The van der Waals surface area contributed by atoms with E-state index in [1.165, 1.54) is 37.3 Å². The quantitative estimate of drug-likeness (QED) is 0.344. The Hall–Kier alpha value is -3.83. The molecule has 166 valence electrons. The number of amides is 1. The molecule has 0 heterocycles. The molecule has 0 aromatic heterocycles. The fourth-order valence-corrected chi connectivity index (χ4v) is 2.38. The SMILES string of the molecule is CC(OC(=O)CCNc1ccccc1[N+](=O)[O-])C(=O)Nc1ccc(OC(F)(F)F)cc1. The zero-order chi connectivity index (χ0) is 23.0. The number of benzene rings is 2. The highest BCUT2D eigenvalue weighted by atomic mass is 19.4. The van der Waals surface area contributed by atoms with E-state index in [-0.39, 0.29) is 30.0 Å². The van der Waals surface area contributed by atoms with Crippen LogP contribution in [-0.4, -0.2) is 35.8 Å². The number of hydrogen-bond acceptors (Lipinski definition) is 7. The van der Waals surface area contributed by atoms with Crippen molar-refractivity contribution in [2.24, 2.45) is 0 Å². The van der Waals surface area contributed by atoms with E-state index in [1.54, 1.807) is 6.07 Å². The standard InChI is InChI=1S/C19H18F3N3O6/c1-12(18(27)24-13-6-8-14(9-7-13)31-19(20,21)22)30-17(26)10-11-23-15-4-2-3-5-16(15)25(28)29/h2-9,12,23H,10-11H2,1H3,(H,24,27). The normalized spacial score (nSPS) is 11.9. The summed E-state index contributed by atoms with van der Waals surface area (Å²) in [6.45, 7) is 1.36. The molecule has 0 fully saturated rings. The number of alkyl halides is 3. The monoisotopic (exact) mass is 441 g/mol. The minimum Gasteiger partial charge on any atom is -0.452 e. The average Bonchev–Trinajstić information content (AvgIpc) is 2.68. The number of nitrogens with zero attached hydrogens (tertiary/aromatic N) is 1. The molecule has 0 aliphatic rings. The third-order valence-electron chi connectivity index (χ3n) is 3.78. The van der Waals surface area contributed by atoms with Crippen LogP contribution in [0.3, 0.4) is 0 Å². The summed E-state index contributed by atoms with van der Waals surface area (Å²) in [6.07, 6.45) is -6.16. The van der Waals surface area contributed by atoms with Crippen LogP contribution in [0.5, 0.6) is 5.75 Å². The van der Waals surface area contributed by atoms with Gasteiger partial charge in [0, 0.05) is 18.3 Å². The predicted octanol–water partition coefficient (Wildman–Crippen LogP) is 3.87. The van der Waals surface area contributed by atoms with E-state index >= 15 is 0 Å². The third-order valence-corrected chi connectivity index (χ3v) is 3.78. The first-order chi connectivity index (χ1) is 14.5. The topological polar surface area (TPSA) is 120 Å². The van der Waals surface area contributed by atoms with Gasteiger partial charge in [0.05, 0.1) is 11.3 Å². The molecule has 0 spiro atoms. The number of rotatable bonds is 9. The minimum absolute atomic E-state index is 0.0404. The number of nitro benzene ring substituents is 1. The minimum atomic E-state index is -4.83. The van der Waals surface area contributed by atoms with Crippen molar-refractivity contribution >= 4 is 28.9 Å². The zero-order valence-electron chi connectivity index (χ0n) is 16.1. The zero-order valence-corrected chi connectivity index (χ0v) is 16.1. The number of halogens is 3. The first-order valence-corrected chi connectivity index (χ1v) is 8.88. The van der Waals surface area contributed by atoms with Crippen molar-refractivity contribution < 1.29 is 37.2 Å². The van der Waals surface area contributed by atoms with Crippen molar-refractivity contribution in [1.29, 1.82) is 0 Å². The lowest BCUT2D eigenvalue weighted by Crippen LogP contribution is -2.30. The molecule has 0 aliphatic carbocycles. The number of ether oxygens (including phenoxy) is 2. The Kier molecular flexibility index (Phi) is 7.77. The maximum Gasteiger partial charge on any atom is 0.573 e. The molecule has 0 aliphatic heterocycles. The second-order valence-electron chi connectivity index (χ2n) is 6.14. The van der Waals surface area contributed by atoms with Gasteiger partial charge in [-0.3, -0.25) is 19.7 Å². The number of para-hydroxylation sites is 2. The summed E-state index contributed by atoms with van der Waals surface area (Å²) in [7, 11) is 0. The Labute approximate surface area is 174 Å². The Morgan fingerprint density at radius 1 is 1.13 bits per heavy atom. The fourth-order valence-electron chi connectivity index (χ4n) is 2.38. The Balaban J connectivity index is 1.79. The molecule has 9 nitrogen and oxygen atoms in total. The van der Waals surface area contributed by atoms with E-state index in [0.29, 0.717) is 0 Å².